The third-order valence-electron chi connectivity index (χ3n) is 9.47. The highest BCUT2D eigenvalue weighted by atomic mass is 16.5. The van der Waals surface area contributed by atoms with Gasteiger partial charge in [0.1, 0.15) is 17.2 Å². The van der Waals surface area contributed by atoms with E-state index in [4.69, 9.17) is 14.2 Å². The van der Waals surface area contributed by atoms with E-state index in [0.717, 1.165) is 74.1 Å². The van der Waals surface area contributed by atoms with Gasteiger partial charge in [0.05, 0.1) is 21.3 Å². The van der Waals surface area contributed by atoms with Gasteiger partial charge >= 0.3 is 0 Å². The minimum atomic E-state index is -0.138. The molecule has 0 aliphatic carbocycles. The van der Waals surface area contributed by atoms with Crippen molar-refractivity contribution in [2.24, 2.45) is 0 Å². The second-order valence-corrected chi connectivity index (χ2v) is 12.0. The summed E-state index contributed by atoms with van der Waals surface area (Å²) in [4.78, 5) is 20.2. The third kappa shape index (κ3) is 6.64. The number of carbonyl (C=O) groups is 1. The molecule has 0 saturated carbocycles. The lowest BCUT2D eigenvalue weighted by Gasteiger charge is -2.44. The van der Waals surface area contributed by atoms with E-state index in [0.29, 0.717) is 13.1 Å². The molecule has 4 aromatic carbocycles. The number of methoxy groups -OCH3 is 3. The van der Waals surface area contributed by atoms with Gasteiger partial charge in [-0.15, -0.1) is 0 Å². The van der Waals surface area contributed by atoms with Gasteiger partial charge in [-0.05, 0) is 96.7 Å². The van der Waals surface area contributed by atoms with Crippen molar-refractivity contribution in [2.45, 2.75) is 24.8 Å². The first-order valence-electron chi connectivity index (χ1n) is 15.8. The smallest absolute Gasteiger partial charge is 0.253 e. The number of piperidine rings is 1. The number of carbonyl (C=O) groups excluding carboxylic acids is 1. The van der Waals surface area contributed by atoms with Crippen LogP contribution in [-0.2, 0) is 12.0 Å². The predicted molar refractivity (Wildman–Crippen MR) is 179 cm³/mol. The zero-order chi connectivity index (χ0) is 31.2. The highest BCUT2D eigenvalue weighted by Gasteiger charge is 2.39. The Hall–Kier alpha value is -4.49. The largest absolute Gasteiger partial charge is 0.497 e. The first kappa shape index (κ1) is 30.5. The van der Waals surface area contributed by atoms with Crippen LogP contribution in [0.4, 0.5) is 5.69 Å². The van der Waals surface area contributed by atoms with Gasteiger partial charge in [0.2, 0.25) is 0 Å². The van der Waals surface area contributed by atoms with E-state index in [-0.39, 0.29) is 11.3 Å². The van der Waals surface area contributed by atoms with Crippen molar-refractivity contribution in [3.63, 3.8) is 0 Å². The van der Waals surface area contributed by atoms with E-state index in [2.05, 4.69) is 82.6 Å². The van der Waals surface area contributed by atoms with Crippen molar-refractivity contribution in [1.29, 1.82) is 0 Å². The number of hydrogen-bond donors (Lipinski definition) is 0. The van der Waals surface area contributed by atoms with Gasteiger partial charge in [0, 0.05) is 55.9 Å². The molecule has 7 heteroatoms. The Morgan fingerprint density at radius 1 is 0.644 bits per heavy atom. The highest BCUT2D eigenvalue weighted by Crippen LogP contribution is 2.42. The Morgan fingerprint density at radius 3 is 1.67 bits per heavy atom. The number of benzene rings is 4. The van der Waals surface area contributed by atoms with Crippen molar-refractivity contribution in [3.05, 3.63) is 119 Å². The normalized spacial score (nSPS) is 16.7. The standard InChI is InChI=1S/C38H43N3O4/c1-43-34-15-9-31(10-16-34)38(32-11-17-35(44-2)18-12-32)21-4-22-39(28-38)27-29-5-7-30(8-6-29)37(42)41-25-23-40(24-26-41)33-13-19-36(45-3)20-14-33/h5-20H,4,21-28H2,1-3H3. The number of amides is 1. The quantitative estimate of drug-likeness (QED) is 0.225. The number of nitrogens with zero attached hydrogens (tertiary/aromatic N) is 3. The van der Waals surface area contributed by atoms with Crippen LogP contribution in [0.2, 0.25) is 0 Å². The SMILES string of the molecule is COc1ccc(N2CCN(C(=O)c3ccc(CN4CCCC(c5ccc(OC)cc5)(c5ccc(OC)cc5)C4)cc3)CC2)cc1. The minimum absolute atomic E-state index is 0.104. The van der Waals surface area contributed by atoms with Crippen LogP contribution < -0.4 is 19.1 Å². The molecule has 2 saturated heterocycles. The fraction of sp³-hybridized carbons (Fsp3) is 0.342. The van der Waals surface area contributed by atoms with Gasteiger partial charge in [-0.1, -0.05) is 36.4 Å². The van der Waals surface area contributed by atoms with Crippen LogP contribution in [0.1, 0.15) is 39.9 Å². The minimum Gasteiger partial charge on any atom is -0.497 e. The maximum atomic E-state index is 13.4. The molecule has 2 heterocycles. The number of hydrogen-bond acceptors (Lipinski definition) is 6. The summed E-state index contributed by atoms with van der Waals surface area (Å²) in [6.07, 6.45) is 2.17. The summed E-state index contributed by atoms with van der Waals surface area (Å²) < 4.78 is 16.2. The van der Waals surface area contributed by atoms with Crippen molar-refractivity contribution in [2.75, 3.05) is 65.5 Å². The zero-order valence-corrected chi connectivity index (χ0v) is 26.6. The lowest BCUT2D eigenvalue weighted by Crippen LogP contribution is -2.48. The Bertz CT molecular complexity index is 1500. The summed E-state index contributed by atoms with van der Waals surface area (Å²) >= 11 is 0. The lowest BCUT2D eigenvalue weighted by atomic mass is 9.69. The fourth-order valence-corrected chi connectivity index (χ4v) is 6.89. The third-order valence-corrected chi connectivity index (χ3v) is 9.47. The molecule has 1 amide bonds. The average Bonchev–Trinajstić information content (AvgIpc) is 3.12. The van der Waals surface area contributed by atoms with E-state index in [1.807, 2.05) is 29.2 Å². The van der Waals surface area contributed by atoms with Gasteiger partial charge < -0.3 is 24.0 Å². The highest BCUT2D eigenvalue weighted by molar-refractivity contribution is 5.94. The topological polar surface area (TPSA) is 54.5 Å². The number of likely N-dealkylation sites (tertiary alicyclic amines) is 1. The molecule has 0 N–H and O–H groups in total. The molecule has 0 radical (unpaired) electrons. The first-order chi connectivity index (χ1) is 22.0. The summed E-state index contributed by atoms with van der Waals surface area (Å²) in [5.74, 6) is 2.69. The first-order valence-corrected chi connectivity index (χ1v) is 15.8. The summed E-state index contributed by atoms with van der Waals surface area (Å²) in [6.45, 7) is 5.82. The molecule has 0 bridgehead atoms. The molecule has 2 aliphatic rings. The van der Waals surface area contributed by atoms with Crippen molar-refractivity contribution >= 4 is 11.6 Å². The van der Waals surface area contributed by atoms with E-state index in [9.17, 15) is 4.79 Å². The van der Waals surface area contributed by atoms with Crippen LogP contribution in [0.25, 0.3) is 0 Å². The van der Waals surface area contributed by atoms with Crippen LogP contribution >= 0.6 is 0 Å². The van der Waals surface area contributed by atoms with E-state index < -0.39 is 0 Å². The predicted octanol–water partition coefficient (Wildman–Crippen LogP) is 6.26. The summed E-state index contributed by atoms with van der Waals surface area (Å²) in [6, 6.07) is 33.5. The maximum Gasteiger partial charge on any atom is 0.253 e. The monoisotopic (exact) mass is 605 g/mol. The Balaban J connectivity index is 1.12. The van der Waals surface area contributed by atoms with E-state index in [1.54, 1.807) is 21.3 Å². The molecular formula is C38H43N3O4. The fourth-order valence-electron chi connectivity index (χ4n) is 6.89. The Kier molecular flexibility index (Phi) is 9.26. The molecule has 0 atom stereocenters. The van der Waals surface area contributed by atoms with Crippen LogP contribution in [0.15, 0.2) is 97.1 Å². The van der Waals surface area contributed by atoms with Crippen LogP contribution in [0, 0.1) is 0 Å². The molecule has 2 fully saturated rings. The van der Waals surface area contributed by atoms with Gasteiger partial charge in [-0.3, -0.25) is 9.69 Å². The number of anilines is 1. The van der Waals surface area contributed by atoms with Gasteiger partial charge in [-0.25, -0.2) is 0 Å². The molecule has 0 aromatic heterocycles. The maximum absolute atomic E-state index is 13.4. The molecule has 2 aliphatic heterocycles. The van der Waals surface area contributed by atoms with Gasteiger partial charge in [0.15, 0.2) is 0 Å². The zero-order valence-electron chi connectivity index (χ0n) is 26.6. The molecule has 7 nitrogen and oxygen atoms in total. The average molecular weight is 606 g/mol. The van der Waals surface area contributed by atoms with E-state index >= 15 is 0 Å². The van der Waals surface area contributed by atoms with E-state index in [1.165, 1.54) is 16.7 Å². The second kappa shape index (κ2) is 13.7. The Morgan fingerprint density at radius 2 is 1.16 bits per heavy atom. The molecule has 0 unspecified atom stereocenters. The molecule has 4 aromatic rings. The number of ether oxygens (including phenoxy) is 3. The molecule has 234 valence electrons. The summed E-state index contributed by atoms with van der Waals surface area (Å²) in [5, 5.41) is 0. The molecule has 45 heavy (non-hydrogen) atoms. The molecular weight excluding hydrogens is 562 g/mol. The summed E-state index contributed by atoms with van der Waals surface area (Å²) in [7, 11) is 5.09. The molecule has 6 rings (SSSR count). The van der Waals surface area contributed by atoms with Crippen LogP contribution in [0.3, 0.4) is 0 Å². The van der Waals surface area contributed by atoms with Crippen molar-refractivity contribution in [3.8, 4) is 17.2 Å². The van der Waals surface area contributed by atoms with Crippen LogP contribution in [0.5, 0.6) is 17.2 Å². The van der Waals surface area contributed by atoms with Gasteiger partial charge in [-0.2, -0.15) is 0 Å². The second-order valence-electron chi connectivity index (χ2n) is 12.0. The van der Waals surface area contributed by atoms with Crippen molar-refractivity contribution in [1.82, 2.24) is 9.80 Å². The molecule has 0 spiro atoms. The Labute approximate surface area is 266 Å². The lowest BCUT2D eigenvalue weighted by molar-refractivity contribution is 0.0746. The van der Waals surface area contributed by atoms with Gasteiger partial charge in [0.25, 0.3) is 5.91 Å². The number of piperazine rings is 1. The van der Waals surface area contributed by atoms with Crippen LogP contribution in [-0.4, -0.2) is 76.3 Å². The number of rotatable bonds is 9. The summed E-state index contributed by atoms with van der Waals surface area (Å²) in [5.41, 5.74) is 5.59. The van der Waals surface area contributed by atoms with Crippen molar-refractivity contribution < 1.29 is 19.0 Å².